The molecule has 2 aromatic rings. The molecule has 4 saturated heterocycles. The van der Waals surface area contributed by atoms with Gasteiger partial charge in [0.25, 0.3) is 0 Å². The summed E-state index contributed by atoms with van der Waals surface area (Å²) >= 11 is 0. The van der Waals surface area contributed by atoms with Crippen LogP contribution in [0.4, 0.5) is 0 Å². The minimum absolute atomic E-state index is 0.677. The van der Waals surface area contributed by atoms with Gasteiger partial charge in [0.2, 0.25) is 0 Å². The monoisotopic (exact) mass is 936 g/mol. The number of likely N-dealkylation sites (tertiary alicyclic amines) is 3. The highest BCUT2D eigenvalue weighted by Crippen LogP contribution is 2.12. The molecule has 4 aliphatic rings. The first-order valence-electron chi connectivity index (χ1n) is 28.7. The first kappa shape index (κ1) is 78.0. The predicted molar refractivity (Wildman–Crippen MR) is 307 cm³/mol. The molecular weight excluding hydrogens is 811 g/mol. The van der Waals surface area contributed by atoms with E-state index in [9.17, 15) is 0 Å². The summed E-state index contributed by atoms with van der Waals surface area (Å²) in [4.78, 5) is 10.5. The van der Waals surface area contributed by atoms with E-state index >= 15 is 0 Å². The van der Waals surface area contributed by atoms with Crippen LogP contribution >= 0.6 is 0 Å². The molecule has 0 spiro atoms. The minimum Gasteiger partial charge on any atom is -0.493 e. The Morgan fingerprint density at radius 2 is 0.576 bits per heavy atom. The van der Waals surface area contributed by atoms with Gasteiger partial charge >= 0.3 is 0 Å². The topological polar surface area (TPSA) is 43.5 Å². The molecule has 1 N–H and O–H groups in total. The van der Waals surface area contributed by atoms with E-state index in [4.69, 9.17) is 9.47 Å². The van der Waals surface area contributed by atoms with Crippen molar-refractivity contribution in [3.8, 4) is 11.5 Å². The van der Waals surface area contributed by atoms with Gasteiger partial charge in [0.1, 0.15) is 11.5 Å². The Bertz CT molecular complexity index is 847. The van der Waals surface area contributed by atoms with Crippen LogP contribution < -0.4 is 14.8 Å². The third kappa shape index (κ3) is 56.2. The molecule has 398 valence electrons. The number of piperidine rings is 3. The average molecular weight is 937 g/mol. The van der Waals surface area contributed by atoms with Crippen LogP contribution in [0.2, 0.25) is 0 Å². The molecule has 0 unspecified atom stereocenters. The summed E-state index contributed by atoms with van der Waals surface area (Å²) < 4.78 is 11.1. The van der Waals surface area contributed by atoms with Gasteiger partial charge in [-0.05, 0) is 102 Å². The molecule has 6 rings (SSSR count). The van der Waals surface area contributed by atoms with Crippen molar-refractivity contribution in [2.24, 2.45) is 0 Å². The first-order chi connectivity index (χ1) is 32.8. The van der Waals surface area contributed by atoms with Gasteiger partial charge in [0, 0.05) is 58.8 Å². The van der Waals surface area contributed by atoms with Crippen molar-refractivity contribution in [3.63, 3.8) is 0 Å². The lowest BCUT2D eigenvalue weighted by atomic mass is 10.1. The molecule has 0 aromatic heterocycles. The molecular formula is C59H125N5O2. The maximum absolute atomic E-state index is 5.56. The van der Waals surface area contributed by atoms with Crippen molar-refractivity contribution in [3.05, 3.63) is 60.7 Å². The second-order valence-corrected chi connectivity index (χ2v) is 13.7. The van der Waals surface area contributed by atoms with Gasteiger partial charge in [-0.2, -0.15) is 0 Å². The van der Waals surface area contributed by atoms with Crippen LogP contribution in [-0.4, -0.2) is 124 Å². The van der Waals surface area contributed by atoms with Crippen LogP contribution in [0.1, 0.15) is 209 Å². The molecule has 7 nitrogen and oxygen atoms in total. The molecule has 66 heavy (non-hydrogen) atoms. The second kappa shape index (κ2) is 77.1. The van der Waals surface area contributed by atoms with Crippen LogP contribution in [0.5, 0.6) is 11.5 Å². The van der Waals surface area contributed by atoms with Crippen molar-refractivity contribution >= 4 is 0 Å². The highest BCUT2D eigenvalue weighted by Gasteiger charge is 2.15. The standard InChI is InChI=1S/C15H16O2.C12H24N2.C11H23N3.C3H8.9C2H6/c1-3-8-14(9-4-1)16-12-7-13-17-15-10-5-2-6-11-15;1-3-7-13(8-4-1)11-12-14-9-5-2-6-10-14;1-2-6-13(7-3-1)10-11-14-8-4-12-5-9-14;1-3-2;9*1-2/h1-6,8-11H,7,12-13H2;1-12H2;12H,1-11H2;3H2,1-2H3;9*1-2H3. The van der Waals surface area contributed by atoms with E-state index in [0.29, 0.717) is 13.2 Å². The number of rotatable bonds is 12. The van der Waals surface area contributed by atoms with E-state index in [-0.39, 0.29) is 0 Å². The van der Waals surface area contributed by atoms with E-state index < -0.39 is 0 Å². The van der Waals surface area contributed by atoms with Crippen LogP contribution in [0.3, 0.4) is 0 Å². The second-order valence-electron chi connectivity index (χ2n) is 13.7. The quantitative estimate of drug-likeness (QED) is 0.213. The molecule has 0 amide bonds. The van der Waals surface area contributed by atoms with Crippen molar-refractivity contribution < 1.29 is 9.47 Å². The normalized spacial score (nSPS) is 14.9. The summed E-state index contributed by atoms with van der Waals surface area (Å²) in [5.41, 5.74) is 0. The number of para-hydroxylation sites is 2. The lowest BCUT2D eigenvalue weighted by Crippen LogP contribution is -2.46. The molecule has 7 heteroatoms. The Kier molecular flexibility index (Phi) is 91.1. The SMILES string of the molecule is C1CCN(CCN2CCCCC2)CC1.C1CCN(CCN2CCNCC2)CC1.CC.CC.CC.CC.CC.CC.CC.CC.CC.CCC.c1ccc(OCCCOc2ccccc2)cc1. The smallest absolute Gasteiger partial charge is 0.119 e. The van der Waals surface area contributed by atoms with Crippen LogP contribution in [0.25, 0.3) is 0 Å². The molecule has 0 atom stereocenters. The zero-order chi connectivity index (χ0) is 51.7. The summed E-state index contributed by atoms with van der Waals surface area (Å²) in [5, 5.41) is 3.40. The largest absolute Gasteiger partial charge is 0.493 e. The Balaban J connectivity index is -0.000000132. The summed E-state index contributed by atoms with van der Waals surface area (Å²) in [6.07, 6.45) is 15.1. The summed E-state index contributed by atoms with van der Waals surface area (Å²) in [6.45, 7) is 59.8. The fourth-order valence-electron chi connectivity index (χ4n) is 6.52. The number of piperazine rings is 1. The van der Waals surface area contributed by atoms with Gasteiger partial charge in [-0.1, -0.05) is 201 Å². The van der Waals surface area contributed by atoms with Gasteiger partial charge in [-0.15, -0.1) is 0 Å². The van der Waals surface area contributed by atoms with Gasteiger partial charge in [-0.3, -0.25) is 4.90 Å². The van der Waals surface area contributed by atoms with E-state index in [0.717, 1.165) is 17.9 Å². The Labute approximate surface area is 419 Å². The first-order valence-corrected chi connectivity index (χ1v) is 28.7. The molecule has 0 bridgehead atoms. The molecule has 0 aliphatic carbocycles. The summed E-state index contributed by atoms with van der Waals surface area (Å²) in [7, 11) is 0. The highest BCUT2D eigenvalue weighted by atomic mass is 16.5. The van der Waals surface area contributed by atoms with Crippen LogP contribution in [0, 0.1) is 0 Å². The highest BCUT2D eigenvalue weighted by molar-refractivity contribution is 5.21. The van der Waals surface area contributed by atoms with E-state index in [1.807, 2.05) is 185 Å². The number of nitrogens with zero attached hydrogens (tertiary/aromatic N) is 4. The number of ether oxygens (including phenoxy) is 2. The number of hydrogen-bond donors (Lipinski definition) is 1. The number of nitrogens with one attached hydrogen (secondary N) is 1. The van der Waals surface area contributed by atoms with Crippen LogP contribution in [0.15, 0.2) is 60.7 Å². The fraction of sp³-hybridized carbons (Fsp3) is 0.797. The number of hydrogen-bond acceptors (Lipinski definition) is 7. The molecule has 4 heterocycles. The number of benzene rings is 2. The lowest BCUT2D eigenvalue weighted by molar-refractivity contribution is 0.166. The van der Waals surface area contributed by atoms with E-state index in [1.165, 1.54) is 156 Å². The van der Waals surface area contributed by atoms with Gasteiger partial charge < -0.3 is 29.5 Å². The van der Waals surface area contributed by atoms with Crippen molar-refractivity contribution in [2.45, 2.75) is 209 Å². The third-order valence-corrected chi connectivity index (χ3v) is 9.33. The molecule has 4 aliphatic heterocycles. The van der Waals surface area contributed by atoms with Crippen molar-refractivity contribution in [1.29, 1.82) is 0 Å². The van der Waals surface area contributed by atoms with E-state index in [1.54, 1.807) is 0 Å². The lowest BCUT2D eigenvalue weighted by Gasteiger charge is -2.32. The van der Waals surface area contributed by atoms with Gasteiger partial charge in [0.15, 0.2) is 0 Å². The maximum Gasteiger partial charge on any atom is 0.119 e. The van der Waals surface area contributed by atoms with Crippen molar-refractivity contribution in [2.75, 3.05) is 105 Å². The summed E-state index contributed by atoms with van der Waals surface area (Å²) in [6, 6.07) is 19.7. The maximum atomic E-state index is 5.56. The molecule has 0 radical (unpaired) electrons. The van der Waals surface area contributed by atoms with Gasteiger partial charge in [-0.25, -0.2) is 0 Å². The van der Waals surface area contributed by atoms with Crippen LogP contribution in [-0.2, 0) is 0 Å². The Morgan fingerprint density at radius 3 is 0.818 bits per heavy atom. The minimum atomic E-state index is 0.677. The zero-order valence-electron chi connectivity index (χ0n) is 49.0. The average Bonchev–Trinajstić information content (AvgIpc) is 3.45. The zero-order valence-corrected chi connectivity index (χ0v) is 49.0. The van der Waals surface area contributed by atoms with E-state index in [2.05, 4.69) is 38.8 Å². The molecule has 4 fully saturated rings. The molecule has 0 saturated carbocycles. The fourth-order valence-corrected chi connectivity index (χ4v) is 6.52. The molecule has 2 aromatic carbocycles. The predicted octanol–water partition coefficient (Wildman–Crippen LogP) is 16.5. The Hall–Kier alpha value is -2.16. The third-order valence-electron chi connectivity index (χ3n) is 9.33. The van der Waals surface area contributed by atoms with Gasteiger partial charge in [0.05, 0.1) is 13.2 Å². The van der Waals surface area contributed by atoms with Crippen molar-refractivity contribution in [1.82, 2.24) is 24.9 Å². The Morgan fingerprint density at radius 1 is 0.348 bits per heavy atom. The summed E-state index contributed by atoms with van der Waals surface area (Å²) in [5.74, 6) is 1.82.